The fourth-order valence-electron chi connectivity index (χ4n) is 2.83. The van der Waals surface area contributed by atoms with Crippen LogP contribution in [0, 0.1) is 11.2 Å². The number of likely N-dealkylation sites (tertiary alicyclic amines) is 1. The predicted octanol–water partition coefficient (Wildman–Crippen LogP) is 2.06. The SMILES string of the molecule is O=C(O)C1(C(=O)N2CCC(Oc3ccc(F)cc3)CC2)CC1. The first kappa shape index (κ1) is 14.8. The molecule has 2 fully saturated rings. The molecule has 0 spiro atoms. The number of rotatable bonds is 4. The standard InChI is InChI=1S/C16H18FNO4/c17-11-1-3-12(4-2-11)22-13-5-9-18(10-6-13)14(19)16(7-8-16)15(20)21/h1-4,13H,5-10H2,(H,20,21). The van der Waals surface area contributed by atoms with Crippen molar-refractivity contribution in [2.24, 2.45) is 5.41 Å². The molecule has 1 aliphatic carbocycles. The number of carboxylic acid groups (broad SMARTS) is 1. The van der Waals surface area contributed by atoms with Gasteiger partial charge in [0.25, 0.3) is 0 Å². The van der Waals surface area contributed by atoms with Crippen LogP contribution in [0.4, 0.5) is 4.39 Å². The summed E-state index contributed by atoms with van der Waals surface area (Å²) in [5.41, 5.74) is -1.16. The predicted molar refractivity (Wildman–Crippen MR) is 75.9 cm³/mol. The maximum absolute atomic E-state index is 12.8. The molecule has 1 aromatic rings. The number of hydrogen-bond donors (Lipinski definition) is 1. The molecule has 118 valence electrons. The molecular weight excluding hydrogens is 289 g/mol. The normalized spacial score (nSPS) is 20.5. The van der Waals surface area contributed by atoms with Crippen molar-refractivity contribution in [3.8, 4) is 5.75 Å². The molecule has 1 saturated carbocycles. The van der Waals surface area contributed by atoms with Crippen molar-refractivity contribution in [2.45, 2.75) is 31.8 Å². The van der Waals surface area contributed by atoms with E-state index in [1.807, 2.05) is 0 Å². The monoisotopic (exact) mass is 307 g/mol. The first-order valence-electron chi connectivity index (χ1n) is 7.46. The minimum atomic E-state index is -1.16. The molecule has 2 aliphatic rings. The highest BCUT2D eigenvalue weighted by molar-refractivity contribution is 6.04. The first-order valence-corrected chi connectivity index (χ1v) is 7.46. The van der Waals surface area contributed by atoms with Gasteiger partial charge in [-0.05, 0) is 37.1 Å². The van der Waals surface area contributed by atoms with Gasteiger partial charge in [-0.25, -0.2) is 4.39 Å². The minimum absolute atomic E-state index is 0.0329. The number of amides is 1. The third kappa shape index (κ3) is 2.77. The van der Waals surface area contributed by atoms with Gasteiger partial charge in [-0.2, -0.15) is 0 Å². The second-order valence-electron chi connectivity index (χ2n) is 5.95. The van der Waals surface area contributed by atoms with Gasteiger partial charge < -0.3 is 14.7 Å². The Morgan fingerprint density at radius 2 is 1.77 bits per heavy atom. The fraction of sp³-hybridized carbons (Fsp3) is 0.500. The van der Waals surface area contributed by atoms with E-state index in [2.05, 4.69) is 0 Å². The number of halogens is 1. The average Bonchev–Trinajstić information content (AvgIpc) is 3.31. The van der Waals surface area contributed by atoms with Crippen molar-refractivity contribution in [3.05, 3.63) is 30.1 Å². The highest BCUT2D eigenvalue weighted by Gasteiger charge is 2.58. The summed E-state index contributed by atoms with van der Waals surface area (Å²) in [4.78, 5) is 25.1. The van der Waals surface area contributed by atoms with Gasteiger partial charge in [-0.1, -0.05) is 0 Å². The zero-order valence-electron chi connectivity index (χ0n) is 12.1. The molecule has 5 nitrogen and oxygen atoms in total. The third-order valence-electron chi connectivity index (χ3n) is 4.41. The average molecular weight is 307 g/mol. The molecule has 0 radical (unpaired) electrons. The van der Waals surface area contributed by atoms with E-state index in [1.54, 1.807) is 17.0 Å². The van der Waals surface area contributed by atoms with Crippen LogP contribution in [0.2, 0.25) is 0 Å². The van der Waals surface area contributed by atoms with E-state index >= 15 is 0 Å². The molecule has 1 aromatic carbocycles. The van der Waals surface area contributed by atoms with Gasteiger partial charge in [0.2, 0.25) is 5.91 Å². The number of carbonyl (C=O) groups excluding carboxylic acids is 1. The molecule has 1 aliphatic heterocycles. The van der Waals surface area contributed by atoms with Gasteiger partial charge in [0.1, 0.15) is 23.1 Å². The maximum Gasteiger partial charge on any atom is 0.319 e. The number of carboxylic acids is 1. The number of nitrogens with zero attached hydrogens (tertiary/aromatic N) is 1. The van der Waals surface area contributed by atoms with Crippen LogP contribution in [0.1, 0.15) is 25.7 Å². The summed E-state index contributed by atoms with van der Waals surface area (Å²) >= 11 is 0. The van der Waals surface area contributed by atoms with Crippen LogP contribution in [-0.4, -0.2) is 41.1 Å². The van der Waals surface area contributed by atoms with Crippen molar-refractivity contribution < 1.29 is 23.8 Å². The van der Waals surface area contributed by atoms with E-state index < -0.39 is 11.4 Å². The second-order valence-corrected chi connectivity index (χ2v) is 5.95. The molecule has 3 rings (SSSR count). The third-order valence-corrected chi connectivity index (χ3v) is 4.41. The lowest BCUT2D eigenvalue weighted by atomic mass is 10.0. The molecule has 0 aromatic heterocycles. The minimum Gasteiger partial charge on any atom is -0.490 e. The van der Waals surface area contributed by atoms with E-state index in [1.165, 1.54) is 12.1 Å². The van der Waals surface area contributed by atoms with Crippen LogP contribution in [0.5, 0.6) is 5.75 Å². The molecule has 22 heavy (non-hydrogen) atoms. The molecule has 6 heteroatoms. The fourth-order valence-corrected chi connectivity index (χ4v) is 2.83. The van der Waals surface area contributed by atoms with Gasteiger partial charge in [-0.3, -0.25) is 9.59 Å². The summed E-state index contributed by atoms with van der Waals surface area (Å²) in [5, 5.41) is 9.17. The Kier molecular flexibility index (Phi) is 3.76. The Labute approximate surface area is 127 Å². The van der Waals surface area contributed by atoms with Crippen molar-refractivity contribution in [1.82, 2.24) is 4.90 Å². The van der Waals surface area contributed by atoms with Gasteiger partial charge >= 0.3 is 5.97 Å². The molecule has 0 unspecified atom stereocenters. The van der Waals surface area contributed by atoms with Gasteiger partial charge in [0.15, 0.2) is 0 Å². The first-order chi connectivity index (χ1) is 10.5. The number of aliphatic carboxylic acids is 1. The van der Waals surface area contributed by atoms with E-state index in [9.17, 15) is 19.1 Å². The largest absolute Gasteiger partial charge is 0.490 e. The Morgan fingerprint density at radius 1 is 1.18 bits per heavy atom. The second kappa shape index (κ2) is 5.59. The summed E-state index contributed by atoms with van der Waals surface area (Å²) in [6, 6.07) is 5.85. The number of piperidine rings is 1. The topological polar surface area (TPSA) is 66.8 Å². The lowest BCUT2D eigenvalue weighted by molar-refractivity contribution is -0.154. The Bertz CT molecular complexity index is 574. The van der Waals surface area contributed by atoms with Crippen molar-refractivity contribution in [3.63, 3.8) is 0 Å². The number of carbonyl (C=O) groups is 2. The summed E-state index contributed by atoms with van der Waals surface area (Å²) in [5.74, 6) is -0.978. The van der Waals surface area contributed by atoms with Crippen LogP contribution < -0.4 is 4.74 Å². The highest BCUT2D eigenvalue weighted by Crippen LogP contribution is 2.47. The molecule has 0 bridgehead atoms. The molecule has 1 saturated heterocycles. The smallest absolute Gasteiger partial charge is 0.319 e. The Balaban J connectivity index is 1.53. The van der Waals surface area contributed by atoms with Crippen LogP contribution >= 0.6 is 0 Å². The van der Waals surface area contributed by atoms with E-state index in [0.717, 1.165) is 0 Å². The number of hydrogen-bond acceptors (Lipinski definition) is 3. The molecule has 0 atom stereocenters. The Morgan fingerprint density at radius 3 is 2.27 bits per heavy atom. The van der Waals surface area contributed by atoms with Crippen molar-refractivity contribution in [1.29, 1.82) is 0 Å². The van der Waals surface area contributed by atoms with E-state index in [0.29, 0.717) is 44.5 Å². The summed E-state index contributed by atoms with van der Waals surface area (Å²) in [6.45, 7) is 0.999. The van der Waals surface area contributed by atoms with Crippen molar-refractivity contribution >= 4 is 11.9 Å². The molecule has 1 amide bonds. The zero-order valence-corrected chi connectivity index (χ0v) is 12.1. The lowest BCUT2D eigenvalue weighted by Gasteiger charge is -2.33. The number of benzene rings is 1. The molecule has 1 N–H and O–H groups in total. The zero-order chi connectivity index (χ0) is 15.7. The van der Waals surface area contributed by atoms with Crippen molar-refractivity contribution in [2.75, 3.05) is 13.1 Å². The highest BCUT2D eigenvalue weighted by atomic mass is 19.1. The van der Waals surface area contributed by atoms with Gasteiger partial charge in [0, 0.05) is 25.9 Å². The summed E-state index contributed by atoms with van der Waals surface area (Å²) < 4.78 is 18.6. The van der Waals surface area contributed by atoms with Crippen LogP contribution in [0.3, 0.4) is 0 Å². The van der Waals surface area contributed by atoms with Crippen LogP contribution in [0.15, 0.2) is 24.3 Å². The summed E-state index contributed by atoms with van der Waals surface area (Å²) in [6.07, 6.45) is 2.15. The quantitative estimate of drug-likeness (QED) is 0.865. The van der Waals surface area contributed by atoms with Gasteiger partial charge in [0.05, 0.1) is 0 Å². The summed E-state index contributed by atoms with van der Waals surface area (Å²) in [7, 11) is 0. The maximum atomic E-state index is 12.8. The number of ether oxygens (including phenoxy) is 1. The Hall–Kier alpha value is -2.11. The molecule has 1 heterocycles. The van der Waals surface area contributed by atoms with Crippen LogP contribution in [-0.2, 0) is 9.59 Å². The lowest BCUT2D eigenvalue weighted by Crippen LogP contribution is -2.46. The van der Waals surface area contributed by atoms with E-state index in [-0.39, 0.29) is 17.8 Å². The molecular formula is C16H18FNO4. The van der Waals surface area contributed by atoms with E-state index in [4.69, 9.17) is 4.74 Å². The van der Waals surface area contributed by atoms with Crippen LogP contribution in [0.25, 0.3) is 0 Å². The van der Waals surface area contributed by atoms with Gasteiger partial charge in [-0.15, -0.1) is 0 Å².